The Morgan fingerprint density at radius 2 is 2.46 bits per heavy atom. The van der Waals surface area contributed by atoms with Crippen LogP contribution in [0.3, 0.4) is 0 Å². The zero-order valence-electron chi connectivity index (χ0n) is 7.90. The van der Waals surface area contributed by atoms with Gasteiger partial charge in [-0.3, -0.25) is 0 Å². The minimum atomic E-state index is -0.215. The van der Waals surface area contributed by atoms with Gasteiger partial charge in [0.2, 0.25) is 0 Å². The van der Waals surface area contributed by atoms with Gasteiger partial charge in [0.25, 0.3) is 0 Å². The molecular formula is C10H15N3. The van der Waals surface area contributed by atoms with Crippen LogP contribution in [0.25, 0.3) is 0 Å². The third-order valence-electron chi connectivity index (χ3n) is 2.88. The van der Waals surface area contributed by atoms with Crippen LogP contribution in [0.5, 0.6) is 0 Å². The summed E-state index contributed by atoms with van der Waals surface area (Å²) < 4.78 is 0. The minimum Gasteiger partial charge on any atom is -0.320 e. The standard InChI is InChI=1S/C10H15N3/c1-8-4-5-10(11,7-8)9-3-2-6-12-13-9/h2-3,6,8H,4-5,7,11H2,1H3. The SMILES string of the molecule is CC1CCC(N)(c2cccnn2)C1. The second-order valence-corrected chi connectivity index (χ2v) is 4.11. The third kappa shape index (κ3) is 1.56. The van der Waals surface area contributed by atoms with Crippen LogP contribution in [-0.2, 0) is 5.54 Å². The van der Waals surface area contributed by atoms with Crippen LogP contribution in [-0.4, -0.2) is 10.2 Å². The Hall–Kier alpha value is -0.960. The van der Waals surface area contributed by atoms with Gasteiger partial charge in [-0.1, -0.05) is 6.92 Å². The number of aromatic nitrogens is 2. The van der Waals surface area contributed by atoms with E-state index in [4.69, 9.17) is 5.73 Å². The summed E-state index contributed by atoms with van der Waals surface area (Å²) in [5.74, 6) is 0.715. The Bertz CT molecular complexity index is 285. The van der Waals surface area contributed by atoms with Crippen molar-refractivity contribution in [3.05, 3.63) is 24.0 Å². The molecule has 0 radical (unpaired) electrons. The summed E-state index contributed by atoms with van der Waals surface area (Å²) in [6.07, 6.45) is 4.96. The zero-order chi connectivity index (χ0) is 9.31. The maximum atomic E-state index is 6.27. The van der Waals surface area contributed by atoms with E-state index in [2.05, 4.69) is 17.1 Å². The molecule has 3 heteroatoms. The molecule has 0 aromatic carbocycles. The van der Waals surface area contributed by atoms with Gasteiger partial charge in [0.05, 0.1) is 11.2 Å². The summed E-state index contributed by atoms with van der Waals surface area (Å²) >= 11 is 0. The van der Waals surface area contributed by atoms with Gasteiger partial charge in [0.1, 0.15) is 0 Å². The molecule has 2 N–H and O–H groups in total. The van der Waals surface area contributed by atoms with Gasteiger partial charge in [-0.15, -0.1) is 0 Å². The highest BCUT2D eigenvalue weighted by atomic mass is 15.1. The van der Waals surface area contributed by atoms with E-state index in [1.54, 1.807) is 6.20 Å². The van der Waals surface area contributed by atoms with Gasteiger partial charge < -0.3 is 5.73 Å². The monoisotopic (exact) mass is 177 g/mol. The van der Waals surface area contributed by atoms with Gasteiger partial charge in [-0.25, -0.2) is 0 Å². The lowest BCUT2D eigenvalue weighted by molar-refractivity contribution is 0.423. The summed E-state index contributed by atoms with van der Waals surface area (Å²) in [5, 5.41) is 7.96. The Morgan fingerprint density at radius 3 is 3.00 bits per heavy atom. The molecule has 2 unspecified atom stereocenters. The largest absolute Gasteiger partial charge is 0.320 e. The van der Waals surface area contributed by atoms with Crippen molar-refractivity contribution in [1.29, 1.82) is 0 Å². The molecule has 1 saturated carbocycles. The predicted molar refractivity (Wildman–Crippen MR) is 50.9 cm³/mol. The topological polar surface area (TPSA) is 51.8 Å². The van der Waals surface area contributed by atoms with E-state index >= 15 is 0 Å². The highest BCUT2D eigenvalue weighted by Gasteiger charge is 2.36. The lowest BCUT2D eigenvalue weighted by Gasteiger charge is -2.22. The molecular weight excluding hydrogens is 162 g/mol. The molecule has 70 valence electrons. The van der Waals surface area contributed by atoms with Crippen molar-refractivity contribution in [3.63, 3.8) is 0 Å². The average Bonchev–Trinajstić information content (AvgIpc) is 2.49. The maximum Gasteiger partial charge on any atom is 0.0829 e. The highest BCUT2D eigenvalue weighted by Crippen LogP contribution is 2.38. The van der Waals surface area contributed by atoms with Crippen LogP contribution in [0.2, 0.25) is 0 Å². The molecule has 0 bridgehead atoms. The first kappa shape index (κ1) is 8.63. The molecule has 1 aliphatic carbocycles. The normalized spacial score (nSPS) is 33.5. The van der Waals surface area contributed by atoms with Crippen LogP contribution in [0.1, 0.15) is 31.9 Å². The molecule has 1 aliphatic rings. The van der Waals surface area contributed by atoms with E-state index in [9.17, 15) is 0 Å². The van der Waals surface area contributed by atoms with E-state index in [0.717, 1.165) is 18.5 Å². The summed E-state index contributed by atoms with van der Waals surface area (Å²) in [6.45, 7) is 2.24. The number of hydrogen-bond acceptors (Lipinski definition) is 3. The van der Waals surface area contributed by atoms with E-state index in [1.807, 2.05) is 12.1 Å². The molecule has 2 atom stereocenters. The minimum absolute atomic E-state index is 0.215. The molecule has 1 fully saturated rings. The molecule has 3 nitrogen and oxygen atoms in total. The van der Waals surface area contributed by atoms with Crippen molar-refractivity contribution in [2.45, 2.75) is 31.7 Å². The summed E-state index contributed by atoms with van der Waals surface area (Å²) in [6, 6.07) is 3.88. The fourth-order valence-electron chi connectivity index (χ4n) is 2.13. The molecule has 2 rings (SSSR count). The van der Waals surface area contributed by atoms with E-state index in [-0.39, 0.29) is 5.54 Å². The van der Waals surface area contributed by atoms with Crippen LogP contribution in [0.15, 0.2) is 18.3 Å². The second-order valence-electron chi connectivity index (χ2n) is 4.11. The van der Waals surface area contributed by atoms with E-state index < -0.39 is 0 Å². The molecule has 0 amide bonds. The Morgan fingerprint density at radius 1 is 1.62 bits per heavy atom. The van der Waals surface area contributed by atoms with Crippen molar-refractivity contribution < 1.29 is 0 Å². The molecule has 0 spiro atoms. The molecule has 1 heterocycles. The molecule has 1 aromatic heterocycles. The Kier molecular flexibility index (Phi) is 2.04. The van der Waals surface area contributed by atoms with Crippen molar-refractivity contribution in [1.82, 2.24) is 10.2 Å². The quantitative estimate of drug-likeness (QED) is 0.706. The van der Waals surface area contributed by atoms with Crippen LogP contribution in [0, 0.1) is 5.92 Å². The molecule has 1 aromatic rings. The van der Waals surface area contributed by atoms with E-state index in [0.29, 0.717) is 5.92 Å². The molecule has 13 heavy (non-hydrogen) atoms. The maximum absolute atomic E-state index is 6.27. The highest BCUT2D eigenvalue weighted by molar-refractivity contribution is 5.15. The van der Waals surface area contributed by atoms with Gasteiger partial charge in [0.15, 0.2) is 0 Å². The first-order valence-electron chi connectivity index (χ1n) is 4.78. The first-order valence-corrected chi connectivity index (χ1v) is 4.78. The fraction of sp³-hybridized carbons (Fsp3) is 0.600. The second kappa shape index (κ2) is 3.07. The first-order chi connectivity index (χ1) is 6.21. The number of nitrogens with two attached hydrogens (primary N) is 1. The zero-order valence-corrected chi connectivity index (χ0v) is 7.90. The number of nitrogens with zero attached hydrogens (tertiary/aromatic N) is 2. The number of rotatable bonds is 1. The van der Waals surface area contributed by atoms with Crippen molar-refractivity contribution in [3.8, 4) is 0 Å². The van der Waals surface area contributed by atoms with E-state index in [1.165, 1.54) is 6.42 Å². The fourth-order valence-corrected chi connectivity index (χ4v) is 2.13. The average molecular weight is 177 g/mol. The van der Waals surface area contributed by atoms with Crippen molar-refractivity contribution in [2.75, 3.05) is 0 Å². The summed E-state index contributed by atoms with van der Waals surface area (Å²) in [7, 11) is 0. The predicted octanol–water partition coefficient (Wildman–Crippen LogP) is 1.45. The third-order valence-corrected chi connectivity index (χ3v) is 2.88. The van der Waals surface area contributed by atoms with Crippen LogP contribution in [0.4, 0.5) is 0 Å². The van der Waals surface area contributed by atoms with Crippen LogP contribution < -0.4 is 5.73 Å². The van der Waals surface area contributed by atoms with Crippen LogP contribution >= 0.6 is 0 Å². The summed E-state index contributed by atoms with van der Waals surface area (Å²) in [5.41, 5.74) is 7.00. The lowest BCUT2D eigenvalue weighted by atomic mass is 9.93. The van der Waals surface area contributed by atoms with Gasteiger partial charge in [-0.05, 0) is 37.3 Å². The van der Waals surface area contributed by atoms with Crippen molar-refractivity contribution in [2.24, 2.45) is 11.7 Å². The van der Waals surface area contributed by atoms with Gasteiger partial charge >= 0.3 is 0 Å². The Labute approximate surface area is 78.4 Å². The van der Waals surface area contributed by atoms with Gasteiger partial charge in [-0.2, -0.15) is 10.2 Å². The smallest absolute Gasteiger partial charge is 0.0829 e. The lowest BCUT2D eigenvalue weighted by Crippen LogP contribution is -2.34. The van der Waals surface area contributed by atoms with Gasteiger partial charge in [0, 0.05) is 6.20 Å². The molecule has 0 aliphatic heterocycles. The number of hydrogen-bond donors (Lipinski definition) is 1. The summed E-state index contributed by atoms with van der Waals surface area (Å²) in [4.78, 5) is 0. The molecule has 0 saturated heterocycles. The van der Waals surface area contributed by atoms with Crippen molar-refractivity contribution >= 4 is 0 Å². The Balaban J connectivity index is 2.26.